The van der Waals surface area contributed by atoms with E-state index in [2.05, 4.69) is 50.3 Å². The van der Waals surface area contributed by atoms with E-state index in [1.807, 2.05) is 0 Å². The summed E-state index contributed by atoms with van der Waals surface area (Å²) >= 11 is 0. The van der Waals surface area contributed by atoms with Crippen molar-refractivity contribution in [3.63, 3.8) is 0 Å². The smallest absolute Gasteiger partial charge is 0.0280 e. The highest BCUT2D eigenvalue weighted by molar-refractivity contribution is 7.66. The molecule has 14 heavy (non-hydrogen) atoms. The van der Waals surface area contributed by atoms with Crippen molar-refractivity contribution < 1.29 is 0 Å². The minimum Gasteiger partial charge on any atom is -0.0878 e. The normalized spacial score (nSPS) is 11.1. The fourth-order valence-corrected chi connectivity index (χ4v) is 5.24. The van der Waals surface area contributed by atoms with Gasteiger partial charge in [-0.1, -0.05) is 27.9 Å². The summed E-state index contributed by atoms with van der Waals surface area (Å²) in [6, 6.07) is 4.37. The lowest BCUT2D eigenvalue weighted by molar-refractivity contribution is 1.41. The van der Waals surface area contributed by atoms with Crippen LogP contribution in [0.1, 0.15) is 16.7 Å². The molecule has 0 saturated carbocycles. The van der Waals surface area contributed by atoms with Crippen LogP contribution in [0.15, 0.2) is 29.5 Å². The molecule has 2 rings (SSSR count). The average molecular weight is 220 g/mol. The molecule has 2 aromatic heterocycles. The zero-order chi connectivity index (χ0) is 10.1. The Hall–Kier alpha value is -0.570. The third kappa shape index (κ3) is 1.78. The molecular formula is C12H14P2. The van der Waals surface area contributed by atoms with E-state index in [9.17, 15) is 0 Å². The van der Waals surface area contributed by atoms with E-state index in [4.69, 9.17) is 0 Å². The van der Waals surface area contributed by atoms with Crippen LogP contribution in [0.5, 0.6) is 0 Å². The Kier molecular flexibility index (Phi) is 2.77. The predicted molar refractivity (Wildman–Crippen MR) is 67.2 cm³/mol. The van der Waals surface area contributed by atoms with Crippen LogP contribution in [-0.4, -0.2) is 0 Å². The minimum absolute atomic E-state index is 0.121. The highest BCUT2D eigenvalue weighted by Crippen LogP contribution is 2.47. The first-order valence-electron chi connectivity index (χ1n) is 4.75. The van der Waals surface area contributed by atoms with Crippen LogP contribution < -0.4 is 0 Å². The Morgan fingerprint density at radius 1 is 1.00 bits per heavy atom. The van der Waals surface area contributed by atoms with Crippen molar-refractivity contribution in [3.8, 4) is 5.04 Å². The van der Waals surface area contributed by atoms with Crippen LogP contribution in [0, 0.1) is 20.8 Å². The third-order valence-corrected chi connectivity index (χ3v) is 6.64. The molecule has 72 valence electrons. The van der Waals surface area contributed by atoms with Gasteiger partial charge >= 0.3 is 0 Å². The topological polar surface area (TPSA) is 0 Å². The van der Waals surface area contributed by atoms with Crippen molar-refractivity contribution in [2.45, 2.75) is 20.8 Å². The number of rotatable bonds is 1. The van der Waals surface area contributed by atoms with E-state index in [0.29, 0.717) is 0 Å². The van der Waals surface area contributed by atoms with Gasteiger partial charge in [0.2, 0.25) is 0 Å². The van der Waals surface area contributed by atoms with Gasteiger partial charge in [0, 0.05) is 5.04 Å². The van der Waals surface area contributed by atoms with Gasteiger partial charge in [-0.15, -0.1) is 0 Å². The molecule has 0 aromatic carbocycles. The predicted octanol–water partition coefficient (Wildman–Crippen LogP) is 5.17. The summed E-state index contributed by atoms with van der Waals surface area (Å²) in [4.78, 5) is 0. The van der Waals surface area contributed by atoms with Crippen molar-refractivity contribution in [2.24, 2.45) is 0 Å². The van der Waals surface area contributed by atoms with Gasteiger partial charge in [-0.25, -0.2) is 0 Å². The Labute approximate surface area is 88.2 Å². The van der Waals surface area contributed by atoms with E-state index in [-0.39, 0.29) is 7.53 Å². The molecule has 0 nitrogen and oxygen atoms in total. The lowest BCUT2D eigenvalue weighted by Crippen LogP contribution is -1.67. The molecule has 0 aliphatic carbocycles. The Bertz CT molecular complexity index is 436. The van der Waals surface area contributed by atoms with E-state index >= 15 is 0 Å². The highest BCUT2D eigenvalue weighted by atomic mass is 31.1. The first kappa shape index (κ1) is 9.97. The van der Waals surface area contributed by atoms with Crippen molar-refractivity contribution >= 4 is 15.7 Å². The molecule has 0 unspecified atom stereocenters. The summed E-state index contributed by atoms with van der Waals surface area (Å²) in [5.41, 5.74) is 4.37. The van der Waals surface area contributed by atoms with E-state index < -0.39 is 0 Å². The Morgan fingerprint density at radius 2 is 1.64 bits per heavy atom. The second-order valence-electron chi connectivity index (χ2n) is 3.68. The molecule has 0 fully saturated rings. The second-order valence-corrected chi connectivity index (χ2v) is 6.81. The maximum absolute atomic E-state index is 2.43. The lowest BCUT2D eigenvalue weighted by atomic mass is 10.2. The van der Waals surface area contributed by atoms with Gasteiger partial charge in [0.05, 0.1) is 0 Å². The van der Waals surface area contributed by atoms with E-state index in [1.54, 1.807) is 5.04 Å². The molecule has 0 aliphatic heterocycles. The molecule has 0 bridgehead atoms. The van der Waals surface area contributed by atoms with Gasteiger partial charge in [0.15, 0.2) is 0 Å². The van der Waals surface area contributed by atoms with Crippen molar-refractivity contribution in [2.75, 3.05) is 0 Å². The van der Waals surface area contributed by atoms with Crippen LogP contribution in [0.2, 0.25) is 0 Å². The molecule has 0 radical (unpaired) electrons. The summed E-state index contributed by atoms with van der Waals surface area (Å²) in [6.07, 6.45) is 0. The maximum atomic E-state index is 2.43. The van der Waals surface area contributed by atoms with E-state index in [0.717, 1.165) is 0 Å². The van der Waals surface area contributed by atoms with E-state index in [1.165, 1.54) is 24.9 Å². The molecular weight excluding hydrogens is 206 g/mol. The molecule has 0 aliphatic rings. The molecule has 2 heterocycles. The highest BCUT2D eigenvalue weighted by Gasteiger charge is 2.04. The standard InChI is InChI=1S/C12H14P2/c1-9-5-4-6-13-12(9)14-7-10(2)11(3)8-14/h4-8H,1-3H3. The van der Waals surface area contributed by atoms with Gasteiger partial charge in [0.1, 0.15) is 0 Å². The third-order valence-electron chi connectivity index (χ3n) is 2.51. The number of aryl methyl sites for hydroxylation is 3. The summed E-state index contributed by atoms with van der Waals surface area (Å²) < 4.78 is 0. The number of hydrogen-bond donors (Lipinski definition) is 0. The zero-order valence-corrected chi connectivity index (χ0v) is 10.6. The lowest BCUT2D eigenvalue weighted by Gasteiger charge is -2.01. The second kappa shape index (κ2) is 3.89. The van der Waals surface area contributed by atoms with Gasteiger partial charge in [-0.2, -0.15) is 0 Å². The van der Waals surface area contributed by atoms with Gasteiger partial charge < -0.3 is 0 Å². The average Bonchev–Trinajstić information content (AvgIpc) is 2.48. The minimum atomic E-state index is -0.121. The van der Waals surface area contributed by atoms with Gasteiger partial charge in [-0.05, 0) is 54.9 Å². The molecule has 0 atom stereocenters. The molecule has 2 heteroatoms. The van der Waals surface area contributed by atoms with Crippen LogP contribution >= 0.6 is 15.7 Å². The van der Waals surface area contributed by atoms with Crippen LogP contribution in [-0.2, 0) is 0 Å². The summed E-state index contributed by atoms with van der Waals surface area (Å²) in [7, 11) is 1.27. The van der Waals surface area contributed by atoms with Crippen molar-refractivity contribution in [3.05, 3.63) is 46.2 Å². The van der Waals surface area contributed by atoms with Crippen LogP contribution in [0.25, 0.3) is 5.04 Å². The van der Waals surface area contributed by atoms with Crippen molar-refractivity contribution in [1.29, 1.82) is 0 Å². The first-order chi connectivity index (χ1) is 6.68. The Morgan fingerprint density at radius 3 is 2.21 bits per heavy atom. The van der Waals surface area contributed by atoms with Gasteiger partial charge in [-0.3, -0.25) is 0 Å². The largest absolute Gasteiger partial charge is 0.0878 e. The SMILES string of the molecule is Cc1cp(-c2pcccc2C)cc1C. The number of hydrogen-bond acceptors (Lipinski definition) is 0. The molecule has 0 spiro atoms. The van der Waals surface area contributed by atoms with Crippen molar-refractivity contribution in [1.82, 2.24) is 0 Å². The van der Waals surface area contributed by atoms with Crippen LogP contribution in [0.4, 0.5) is 0 Å². The Balaban J connectivity index is 2.55. The quantitative estimate of drug-likeness (QED) is 0.622. The fourth-order valence-electron chi connectivity index (χ4n) is 1.53. The fraction of sp³-hybridized carbons (Fsp3) is 0.250. The summed E-state index contributed by atoms with van der Waals surface area (Å²) in [5.74, 6) is 7.10. The molecule has 2 aromatic rings. The summed E-state index contributed by atoms with van der Waals surface area (Å²) in [5, 5.41) is 1.60. The molecule has 0 saturated heterocycles. The zero-order valence-electron chi connectivity index (χ0n) is 8.78. The maximum Gasteiger partial charge on any atom is 0.0280 e. The summed E-state index contributed by atoms with van der Waals surface area (Å²) in [6.45, 7) is 6.64. The molecule has 0 N–H and O–H groups in total. The van der Waals surface area contributed by atoms with Crippen LogP contribution in [0.3, 0.4) is 0 Å². The first-order valence-corrected chi connectivity index (χ1v) is 7.20. The molecule has 0 amide bonds. The monoisotopic (exact) mass is 220 g/mol. The van der Waals surface area contributed by atoms with Gasteiger partial charge in [0.25, 0.3) is 0 Å².